The number of aromatic nitrogens is 2. The van der Waals surface area contributed by atoms with Crippen LogP contribution in [0.15, 0.2) is 12.4 Å². The lowest BCUT2D eigenvalue weighted by molar-refractivity contribution is 0.0616. The summed E-state index contributed by atoms with van der Waals surface area (Å²) in [4.78, 5) is 2.67. The van der Waals surface area contributed by atoms with Crippen LogP contribution < -0.4 is 5.32 Å². The normalized spacial score (nSPS) is 19.2. The fraction of sp³-hybridized carbons (Fsp3) is 0.812. The van der Waals surface area contributed by atoms with Crippen LogP contribution >= 0.6 is 0 Å². The minimum absolute atomic E-state index is 0.187. The first-order chi connectivity index (χ1) is 9.54. The number of nitrogens with zero attached hydrogens (tertiary/aromatic N) is 3. The lowest BCUT2D eigenvalue weighted by Crippen LogP contribution is -2.59. The van der Waals surface area contributed by atoms with E-state index in [1.54, 1.807) is 0 Å². The van der Waals surface area contributed by atoms with Gasteiger partial charge in [0.1, 0.15) is 0 Å². The molecule has 0 aromatic carbocycles. The van der Waals surface area contributed by atoms with Crippen LogP contribution in [0.25, 0.3) is 0 Å². The van der Waals surface area contributed by atoms with Crippen LogP contribution in [0, 0.1) is 0 Å². The largest absolute Gasteiger partial charge is 0.312 e. The maximum Gasteiger partial charge on any atom is 0.0522 e. The second-order valence-corrected chi connectivity index (χ2v) is 6.54. The van der Waals surface area contributed by atoms with E-state index in [2.05, 4.69) is 42.3 Å². The van der Waals surface area contributed by atoms with Crippen molar-refractivity contribution >= 4 is 0 Å². The molecule has 1 aromatic rings. The minimum atomic E-state index is 0.187. The Kier molecular flexibility index (Phi) is 5.22. The Labute approximate surface area is 123 Å². The smallest absolute Gasteiger partial charge is 0.0522 e. The van der Waals surface area contributed by atoms with Gasteiger partial charge in [-0.1, -0.05) is 13.3 Å². The van der Waals surface area contributed by atoms with Crippen LogP contribution in [-0.2, 0) is 13.5 Å². The Morgan fingerprint density at radius 1 is 1.30 bits per heavy atom. The van der Waals surface area contributed by atoms with Gasteiger partial charge in [-0.15, -0.1) is 0 Å². The molecule has 0 saturated carbocycles. The number of aryl methyl sites for hydroxylation is 1. The highest BCUT2D eigenvalue weighted by Crippen LogP contribution is 2.25. The lowest BCUT2D eigenvalue weighted by Gasteiger charge is -2.46. The van der Waals surface area contributed by atoms with E-state index in [9.17, 15) is 0 Å². The molecular weight excluding hydrogens is 248 g/mol. The highest BCUT2D eigenvalue weighted by Gasteiger charge is 2.35. The predicted octanol–water partition coefficient (Wildman–Crippen LogP) is 2.21. The molecule has 4 nitrogen and oxygen atoms in total. The number of hydrogen-bond acceptors (Lipinski definition) is 3. The molecule has 4 heteroatoms. The Balaban J connectivity index is 2.08. The molecule has 1 atom stereocenters. The van der Waals surface area contributed by atoms with Gasteiger partial charge < -0.3 is 5.32 Å². The summed E-state index contributed by atoms with van der Waals surface area (Å²) in [5, 5.41) is 8.00. The average molecular weight is 278 g/mol. The van der Waals surface area contributed by atoms with Crippen molar-refractivity contribution in [1.82, 2.24) is 20.0 Å². The van der Waals surface area contributed by atoms with E-state index in [1.165, 1.54) is 37.9 Å². The Morgan fingerprint density at radius 2 is 2.00 bits per heavy atom. The number of likely N-dealkylation sites (N-methyl/N-ethyl adjacent to an activating group) is 1. The van der Waals surface area contributed by atoms with Crippen LogP contribution in [0.2, 0.25) is 0 Å². The van der Waals surface area contributed by atoms with E-state index >= 15 is 0 Å². The van der Waals surface area contributed by atoms with E-state index in [1.807, 2.05) is 17.9 Å². The standard InChI is InChI=1S/C16H30N4/c1-5-17-15(11-14-12-18-19(4)13-14)16(2,3)20-9-7-6-8-10-20/h12-13,15,17H,5-11H2,1-4H3. The first kappa shape index (κ1) is 15.5. The molecule has 1 unspecified atom stereocenters. The van der Waals surface area contributed by atoms with Gasteiger partial charge in [0, 0.05) is 24.8 Å². The molecule has 1 saturated heterocycles. The van der Waals surface area contributed by atoms with E-state index in [0.29, 0.717) is 6.04 Å². The minimum Gasteiger partial charge on any atom is -0.312 e. The van der Waals surface area contributed by atoms with Crippen molar-refractivity contribution in [1.29, 1.82) is 0 Å². The van der Waals surface area contributed by atoms with Gasteiger partial charge >= 0.3 is 0 Å². The van der Waals surface area contributed by atoms with Crippen LogP contribution in [-0.4, -0.2) is 45.9 Å². The van der Waals surface area contributed by atoms with Crippen molar-refractivity contribution in [3.05, 3.63) is 18.0 Å². The van der Waals surface area contributed by atoms with Crippen molar-refractivity contribution in [2.75, 3.05) is 19.6 Å². The van der Waals surface area contributed by atoms with Gasteiger partial charge in [0.2, 0.25) is 0 Å². The van der Waals surface area contributed by atoms with Gasteiger partial charge in [-0.3, -0.25) is 9.58 Å². The summed E-state index contributed by atoms with van der Waals surface area (Å²) in [6.45, 7) is 10.5. The molecule has 0 radical (unpaired) electrons. The van der Waals surface area contributed by atoms with E-state index in [-0.39, 0.29) is 5.54 Å². The van der Waals surface area contributed by atoms with E-state index in [4.69, 9.17) is 0 Å². The second kappa shape index (κ2) is 6.72. The average Bonchev–Trinajstić information content (AvgIpc) is 2.85. The molecule has 114 valence electrons. The van der Waals surface area contributed by atoms with Crippen molar-refractivity contribution in [3.63, 3.8) is 0 Å². The quantitative estimate of drug-likeness (QED) is 0.866. The zero-order chi connectivity index (χ0) is 14.6. The SMILES string of the molecule is CCNC(Cc1cnn(C)c1)C(C)(C)N1CCCCC1. The summed E-state index contributed by atoms with van der Waals surface area (Å²) >= 11 is 0. The molecule has 2 heterocycles. The Morgan fingerprint density at radius 3 is 2.55 bits per heavy atom. The Hall–Kier alpha value is -0.870. The first-order valence-electron chi connectivity index (χ1n) is 8.00. The van der Waals surface area contributed by atoms with Gasteiger partial charge in [-0.25, -0.2) is 0 Å². The highest BCUT2D eigenvalue weighted by molar-refractivity contribution is 5.10. The summed E-state index contributed by atoms with van der Waals surface area (Å²) < 4.78 is 1.90. The summed E-state index contributed by atoms with van der Waals surface area (Å²) in [7, 11) is 1.99. The molecule has 0 bridgehead atoms. The maximum atomic E-state index is 4.30. The topological polar surface area (TPSA) is 33.1 Å². The molecule has 1 N–H and O–H groups in total. The van der Waals surface area contributed by atoms with Gasteiger partial charge in [-0.05, 0) is 58.3 Å². The van der Waals surface area contributed by atoms with Gasteiger partial charge in [0.05, 0.1) is 6.20 Å². The molecule has 1 aliphatic heterocycles. The summed E-state index contributed by atoms with van der Waals surface area (Å²) in [5.74, 6) is 0. The maximum absolute atomic E-state index is 4.30. The van der Waals surface area contributed by atoms with E-state index < -0.39 is 0 Å². The number of piperidine rings is 1. The molecule has 1 fully saturated rings. The van der Waals surface area contributed by atoms with Gasteiger partial charge in [0.15, 0.2) is 0 Å². The van der Waals surface area contributed by atoms with Crippen LogP contribution in [0.3, 0.4) is 0 Å². The zero-order valence-corrected chi connectivity index (χ0v) is 13.5. The monoisotopic (exact) mass is 278 g/mol. The molecule has 20 heavy (non-hydrogen) atoms. The molecule has 1 aliphatic rings. The number of likely N-dealkylation sites (tertiary alicyclic amines) is 1. The van der Waals surface area contributed by atoms with Gasteiger partial charge in [0.25, 0.3) is 0 Å². The highest BCUT2D eigenvalue weighted by atomic mass is 15.2. The fourth-order valence-electron chi connectivity index (χ4n) is 3.32. The predicted molar refractivity (Wildman–Crippen MR) is 83.9 cm³/mol. The molecule has 0 aliphatic carbocycles. The molecule has 1 aromatic heterocycles. The molecular formula is C16H30N4. The number of rotatable bonds is 6. The van der Waals surface area contributed by atoms with Crippen LogP contribution in [0.1, 0.15) is 45.6 Å². The van der Waals surface area contributed by atoms with Gasteiger partial charge in [-0.2, -0.15) is 5.10 Å². The van der Waals surface area contributed by atoms with Crippen molar-refractivity contribution < 1.29 is 0 Å². The summed E-state index contributed by atoms with van der Waals surface area (Å²) in [6, 6.07) is 0.467. The van der Waals surface area contributed by atoms with Crippen molar-refractivity contribution in [2.24, 2.45) is 7.05 Å². The molecule has 0 spiro atoms. The molecule has 0 amide bonds. The number of nitrogens with one attached hydrogen (secondary N) is 1. The van der Waals surface area contributed by atoms with Crippen molar-refractivity contribution in [3.8, 4) is 0 Å². The third kappa shape index (κ3) is 3.61. The van der Waals surface area contributed by atoms with E-state index in [0.717, 1.165) is 13.0 Å². The summed E-state index contributed by atoms with van der Waals surface area (Å²) in [5.41, 5.74) is 1.51. The second-order valence-electron chi connectivity index (χ2n) is 6.54. The third-order valence-corrected chi connectivity index (χ3v) is 4.67. The lowest BCUT2D eigenvalue weighted by atomic mass is 9.86. The molecule has 2 rings (SSSR count). The Bertz CT molecular complexity index is 404. The van der Waals surface area contributed by atoms with Crippen LogP contribution in [0.5, 0.6) is 0 Å². The van der Waals surface area contributed by atoms with Crippen LogP contribution in [0.4, 0.5) is 0 Å². The third-order valence-electron chi connectivity index (χ3n) is 4.67. The number of hydrogen-bond donors (Lipinski definition) is 1. The van der Waals surface area contributed by atoms with Crippen molar-refractivity contribution in [2.45, 2.75) is 58.0 Å². The first-order valence-corrected chi connectivity index (χ1v) is 8.00. The summed E-state index contributed by atoms with van der Waals surface area (Å²) in [6.07, 6.45) is 9.25. The zero-order valence-electron chi connectivity index (χ0n) is 13.5. The fourth-order valence-corrected chi connectivity index (χ4v) is 3.32.